The molecular weight excluding hydrogens is 296 g/mol. The van der Waals surface area contributed by atoms with Crippen LogP contribution in [-0.2, 0) is 9.53 Å². The van der Waals surface area contributed by atoms with Gasteiger partial charge in [-0.2, -0.15) is 0 Å². The molecule has 0 spiro atoms. The minimum Gasteiger partial charge on any atom is -0.493 e. The summed E-state index contributed by atoms with van der Waals surface area (Å²) in [4.78, 5) is 24.4. The molecule has 23 heavy (non-hydrogen) atoms. The molecule has 1 aromatic carbocycles. The second kappa shape index (κ2) is 4.60. The average Bonchev–Trinajstić information content (AvgIpc) is 2.49. The lowest BCUT2D eigenvalue weighted by molar-refractivity contribution is -0.176. The summed E-state index contributed by atoms with van der Waals surface area (Å²) in [7, 11) is 0. The van der Waals surface area contributed by atoms with Gasteiger partial charge in [-0.15, -0.1) is 0 Å². The first-order chi connectivity index (χ1) is 10.9. The molecule has 0 N–H and O–H groups in total. The zero-order chi connectivity index (χ0) is 16.4. The van der Waals surface area contributed by atoms with E-state index in [0.717, 1.165) is 5.56 Å². The Bertz CT molecular complexity index is 877. The van der Waals surface area contributed by atoms with Crippen molar-refractivity contribution in [1.82, 2.24) is 0 Å². The van der Waals surface area contributed by atoms with Crippen molar-refractivity contribution in [3.8, 4) is 5.75 Å². The Morgan fingerprint density at radius 3 is 2.78 bits per heavy atom. The first kappa shape index (κ1) is 14.3. The number of hydrogen-bond donors (Lipinski definition) is 0. The number of aryl methyl sites for hydroxylation is 1. The standard InChI is InChI=1S/C18H18O5/c1-9-7-22-17-10(16(9)20)4-5-13-15(17)11-6-14(19)23-18(2,3)12(11)8-21-13/h4-5,7,11-12H,6,8H2,1-3H3/t11-,12-/m0/s1. The molecule has 120 valence electrons. The van der Waals surface area contributed by atoms with E-state index in [4.69, 9.17) is 13.9 Å². The van der Waals surface area contributed by atoms with Crippen molar-refractivity contribution in [2.24, 2.45) is 5.92 Å². The summed E-state index contributed by atoms with van der Waals surface area (Å²) in [5.74, 6) is 0.432. The van der Waals surface area contributed by atoms with Gasteiger partial charge in [0.15, 0.2) is 5.43 Å². The lowest BCUT2D eigenvalue weighted by Crippen LogP contribution is -2.49. The van der Waals surface area contributed by atoms with Crippen LogP contribution in [0.3, 0.4) is 0 Å². The van der Waals surface area contributed by atoms with Crippen LogP contribution in [0.1, 0.15) is 37.3 Å². The maximum atomic E-state index is 12.4. The van der Waals surface area contributed by atoms with Crippen LogP contribution in [0, 0.1) is 12.8 Å². The van der Waals surface area contributed by atoms with Crippen molar-refractivity contribution in [3.63, 3.8) is 0 Å². The minimum absolute atomic E-state index is 0.0323. The molecule has 2 aromatic rings. The van der Waals surface area contributed by atoms with E-state index in [1.54, 1.807) is 19.1 Å². The van der Waals surface area contributed by atoms with Crippen LogP contribution in [0.5, 0.6) is 5.75 Å². The molecule has 0 unspecified atom stereocenters. The number of benzene rings is 1. The molecule has 0 saturated carbocycles. The van der Waals surface area contributed by atoms with Crippen LogP contribution < -0.4 is 10.2 Å². The molecule has 0 radical (unpaired) electrons. The molecule has 5 nitrogen and oxygen atoms in total. The third-order valence-corrected chi connectivity index (χ3v) is 5.04. The monoisotopic (exact) mass is 314 g/mol. The first-order valence-corrected chi connectivity index (χ1v) is 7.78. The summed E-state index contributed by atoms with van der Waals surface area (Å²) in [5.41, 5.74) is 1.26. The number of carbonyl (C=O) groups excluding carboxylic acids is 1. The summed E-state index contributed by atoms with van der Waals surface area (Å²) >= 11 is 0. The van der Waals surface area contributed by atoms with Crippen LogP contribution in [0.15, 0.2) is 27.6 Å². The molecular formula is C18H18O5. The van der Waals surface area contributed by atoms with Gasteiger partial charge in [-0.25, -0.2) is 0 Å². The van der Waals surface area contributed by atoms with E-state index in [1.165, 1.54) is 6.26 Å². The number of ether oxygens (including phenoxy) is 2. The topological polar surface area (TPSA) is 65.7 Å². The lowest BCUT2D eigenvalue weighted by Gasteiger charge is -2.45. The van der Waals surface area contributed by atoms with E-state index in [9.17, 15) is 9.59 Å². The molecule has 0 aliphatic carbocycles. The molecule has 1 aromatic heterocycles. The van der Waals surface area contributed by atoms with Crippen molar-refractivity contribution < 1.29 is 18.7 Å². The number of esters is 1. The molecule has 2 atom stereocenters. The fraction of sp³-hybridized carbons (Fsp3) is 0.444. The predicted molar refractivity (Wildman–Crippen MR) is 83.7 cm³/mol. The second-order valence-corrected chi connectivity index (χ2v) is 6.91. The molecule has 2 aliphatic rings. The largest absolute Gasteiger partial charge is 0.493 e. The molecule has 0 amide bonds. The van der Waals surface area contributed by atoms with E-state index in [2.05, 4.69) is 0 Å². The second-order valence-electron chi connectivity index (χ2n) is 6.91. The van der Waals surface area contributed by atoms with Gasteiger partial charge in [-0.05, 0) is 32.9 Å². The van der Waals surface area contributed by atoms with Gasteiger partial charge in [0.25, 0.3) is 0 Å². The number of cyclic esters (lactones) is 1. The van der Waals surface area contributed by atoms with E-state index in [1.807, 2.05) is 13.8 Å². The fourth-order valence-electron chi connectivity index (χ4n) is 3.79. The lowest BCUT2D eigenvalue weighted by atomic mass is 9.71. The molecule has 3 heterocycles. The van der Waals surface area contributed by atoms with Gasteiger partial charge in [0, 0.05) is 23.0 Å². The number of carbonyl (C=O) groups is 1. The first-order valence-electron chi connectivity index (χ1n) is 7.78. The van der Waals surface area contributed by atoms with Gasteiger partial charge < -0.3 is 13.9 Å². The number of fused-ring (bicyclic) bond motifs is 5. The van der Waals surface area contributed by atoms with Crippen molar-refractivity contribution in [3.05, 3.63) is 39.7 Å². The Balaban J connectivity index is 1.99. The van der Waals surface area contributed by atoms with Gasteiger partial charge in [-0.3, -0.25) is 9.59 Å². The summed E-state index contributed by atoms with van der Waals surface area (Å²) in [6, 6.07) is 3.54. The van der Waals surface area contributed by atoms with E-state index in [0.29, 0.717) is 28.9 Å². The maximum absolute atomic E-state index is 12.4. The van der Waals surface area contributed by atoms with Gasteiger partial charge in [0.05, 0.1) is 24.7 Å². The fourth-order valence-corrected chi connectivity index (χ4v) is 3.79. The maximum Gasteiger partial charge on any atom is 0.306 e. The summed E-state index contributed by atoms with van der Waals surface area (Å²) < 4.78 is 17.1. The van der Waals surface area contributed by atoms with Crippen LogP contribution in [0.25, 0.3) is 11.0 Å². The Hall–Kier alpha value is -2.30. The van der Waals surface area contributed by atoms with E-state index >= 15 is 0 Å². The molecule has 1 fully saturated rings. The third-order valence-electron chi connectivity index (χ3n) is 5.04. The zero-order valence-electron chi connectivity index (χ0n) is 13.3. The zero-order valence-corrected chi connectivity index (χ0v) is 13.3. The van der Waals surface area contributed by atoms with Crippen LogP contribution in [-0.4, -0.2) is 18.2 Å². The average molecular weight is 314 g/mol. The Morgan fingerprint density at radius 2 is 2.00 bits per heavy atom. The van der Waals surface area contributed by atoms with Gasteiger partial charge in [0.1, 0.15) is 16.9 Å². The van der Waals surface area contributed by atoms with Gasteiger partial charge >= 0.3 is 5.97 Å². The summed E-state index contributed by atoms with van der Waals surface area (Å²) in [6.07, 6.45) is 1.75. The highest BCUT2D eigenvalue weighted by Gasteiger charge is 2.49. The van der Waals surface area contributed by atoms with Crippen LogP contribution in [0.2, 0.25) is 0 Å². The molecule has 5 heteroatoms. The smallest absolute Gasteiger partial charge is 0.306 e. The summed E-state index contributed by atoms with van der Waals surface area (Å²) in [6.45, 7) is 6.02. The molecule has 0 bridgehead atoms. The molecule has 4 rings (SSSR count). The molecule has 2 aliphatic heterocycles. The normalized spacial score (nSPS) is 25.3. The van der Waals surface area contributed by atoms with E-state index in [-0.39, 0.29) is 29.7 Å². The molecule has 1 saturated heterocycles. The number of hydrogen-bond acceptors (Lipinski definition) is 5. The third kappa shape index (κ3) is 1.99. The highest BCUT2D eigenvalue weighted by molar-refractivity contribution is 5.85. The quantitative estimate of drug-likeness (QED) is 0.700. The predicted octanol–water partition coefficient (Wildman–Crippen LogP) is 2.92. The SMILES string of the molecule is Cc1coc2c3c(ccc2c1=O)OC[C@H]1[C@@H]3CC(=O)OC1(C)C. The Kier molecular flexibility index (Phi) is 2.86. The van der Waals surface area contributed by atoms with Crippen molar-refractivity contribution in [1.29, 1.82) is 0 Å². The van der Waals surface area contributed by atoms with Crippen molar-refractivity contribution >= 4 is 16.9 Å². The van der Waals surface area contributed by atoms with Gasteiger partial charge in [0.2, 0.25) is 0 Å². The highest BCUT2D eigenvalue weighted by atomic mass is 16.6. The number of rotatable bonds is 0. The van der Waals surface area contributed by atoms with Gasteiger partial charge in [-0.1, -0.05) is 0 Å². The summed E-state index contributed by atoms with van der Waals surface area (Å²) in [5, 5.41) is 0.532. The van der Waals surface area contributed by atoms with Crippen LogP contribution in [0.4, 0.5) is 0 Å². The van der Waals surface area contributed by atoms with Crippen molar-refractivity contribution in [2.75, 3.05) is 6.61 Å². The van der Waals surface area contributed by atoms with Crippen molar-refractivity contribution in [2.45, 2.75) is 38.7 Å². The van der Waals surface area contributed by atoms with Crippen LogP contribution >= 0.6 is 0 Å². The van der Waals surface area contributed by atoms with E-state index < -0.39 is 5.60 Å². The minimum atomic E-state index is -0.606. The highest BCUT2D eigenvalue weighted by Crippen LogP contribution is 2.49. The Morgan fingerprint density at radius 1 is 1.22 bits per heavy atom. The Labute approximate surface area is 133 Å².